The Kier molecular flexibility index (Phi) is 2.86. The van der Waals surface area contributed by atoms with Crippen LogP contribution in [-0.2, 0) is 9.59 Å². The van der Waals surface area contributed by atoms with E-state index in [9.17, 15) is 9.59 Å². The first-order valence-electron chi connectivity index (χ1n) is 5.46. The molecule has 2 heterocycles. The van der Waals surface area contributed by atoms with E-state index in [0.29, 0.717) is 18.2 Å². The lowest BCUT2D eigenvalue weighted by Gasteiger charge is -2.17. The molecular formula is C11H16N2O2. The molecule has 2 rings (SSSR count). The Morgan fingerprint density at radius 3 is 2.87 bits per heavy atom. The molecule has 0 aromatic rings. The standard InChI is InChI=1S/C11H16N2O2/c1-8-7-10(14)13(11(8)15)6-4-9-3-2-5-12-9/h7,9,12H,2-6H2,1H3. The quantitative estimate of drug-likeness (QED) is 0.685. The highest BCUT2D eigenvalue weighted by Crippen LogP contribution is 2.15. The monoisotopic (exact) mass is 208 g/mol. The number of carbonyl (C=O) groups is 2. The number of carbonyl (C=O) groups excluding carboxylic acids is 2. The van der Waals surface area contributed by atoms with Crippen molar-refractivity contribution in [3.05, 3.63) is 11.6 Å². The highest BCUT2D eigenvalue weighted by molar-refractivity contribution is 6.15. The Bertz CT molecular complexity index is 317. The molecular weight excluding hydrogens is 192 g/mol. The second kappa shape index (κ2) is 4.14. The van der Waals surface area contributed by atoms with Crippen LogP contribution in [0.2, 0.25) is 0 Å². The van der Waals surface area contributed by atoms with E-state index in [2.05, 4.69) is 5.32 Å². The van der Waals surface area contributed by atoms with E-state index in [1.807, 2.05) is 0 Å². The molecule has 2 amide bonds. The topological polar surface area (TPSA) is 49.4 Å². The summed E-state index contributed by atoms with van der Waals surface area (Å²) in [4.78, 5) is 24.3. The van der Waals surface area contributed by atoms with E-state index >= 15 is 0 Å². The number of nitrogens with one attached hydrogen (secondary N) is 1. The van der Waals surface area contributed by atoms with Crippen LogP contribution in [0.15, 0.2) is 11.6 Å². The molecule has 82 valence electrons. The van der Waals surface area contributed by atoms with E-state index < -0.39 is 0 Å². The number of rotatable bonds is 3. The Balaban J connectivity index is 1.85. The van der Waals surface area contributed by atoms with Gasteiger partial charge in [0.05, 0.1) is 0 Å². The molecule has 0 aromatic heterocycles. The van der Waals surface area contributed by atoms with Crippen molar-refractivity contribution in [1.29, 1.82) is 0 Å². The predicted octanol–water partition coefficient (Wildman–Crippen LogP) is 0.444. The number of hydrogen-bond donors (Lipinski definition) is 1. The number of nitrogens with zero attached hydrogens (tertiary/aromatic N) is 1. The van der Waals surface area contributed by atoms with Crippen molar-refractivity contribution in [3.8, 4) is 0 Å². The summed E-state index contributed by atoms with van der Waals surface area (Å²) in [7, 11) is 0. The Morgan fingerprint density at radius 1 is 1.53 bits per heavy atom. The Hall–Kier alpha value is -1.16. The first-order valence-corrected chi connectivity index (χ1v) is 5.46. The lowest BCUT2D eigenvalue weighted by atomic mass is 10.1. The van der Waals surface area contributed by atoms with Crippen LogP contribution < -0.4 is 5.32 Å². The van der Waals surface area contributed by atoms with Gasteiger partial charge >= 0.3 is 0 Å². The van der Waals surface area contributed by atoms with Crippen LogP contribution in [-0.4, -0.2) is 35.8 Å². The van der Waals surface area contributed by atoms with Gasteiger partial charge in [0.15, 0.2) is 0 Å². The molecule has 0 bridgehead atoms. The zero-order valence-electron chi connectivity index (χ0n) is 8.95. The van der Waals surface area contributed by atoms with Gasteiger partial charge in [-0.3, -0.25) is 14.5 Å². The normalized spacial score (nSPS) is 26.3. The minimum absolute atomic E-state index is 0.127. The van der Waals surface area contributed by atoms with Gasteiger partial charge in [0.2, 0.25) is 0 Å². The van der Waals surface area contributed by atoms with Gasteiger partial charge in [-0.15, -0.1) is 0 Å². The van der Waals surface area contributed by atoms with Gasteiger partial charge in [0, 0.05) is 24.2 Å². The molecule has 4 nitrogen and oxygen atoms in total. The maximum Gasteiger partial charge on any atom is 0.256 e. The van der Waals surface area contributed by atoms with Crippen LogP contribution in [0.1, 0.15) is 26.2 Å². The molecule has 0 spiro atoms. The molecule has 0 aromatic carbocycles. The van der Waals surface area contributed by atoms with Crippen LogP contribution in [0.25, 0.3) is 0 Å². The SMILES string of the molecule is CC1=CC(=O)N(CCC2CCCN2)C1=O. The Labute approximate surface area is 89.3 Å². The average Bonchev–Trinajstić information content (AvgIpc) is 2.76. The van der Waals surface area contributed by atoms with E-state index in [0.717, 1.165) is 19.4 Å². The fraction of sp³-hybridized carbons (Fsp3) is 0.636. The molecule has 1 fully saturated rings. The van der Waals surface area contributed by atoms with Gasteiger partial charge in [-0.1, -0.05) is 0 Å². The van der Waals surface area contributed by atoms with Crippen molar-refractivity contribution in [2.75, 3.05) is 13.1 Å². The highest BCUT2D eigenvalue weighted by atomic mass is 16.2. The van der Waals surface area contributed by atoms with Gasteiger partial charge < -0.3 is 5.32 Å². The third-order valence-electron chi connectivity index (χ3n) is 3.05. The maximum atomic E-state index is 11.5. The summed E-state index contributed by atoms with van der Waals surface area (Å²) in [5.41, 5.74) is 0.555. The summed E-state index contributed by atoms with van der Waals surface area (Å²) in [6.07, 6.45) is 4.65. The van der Waals surface area contributed by atoms with Crippen LogP contribution in [0.5, 0.6) is 0 Å². The summed E-state index contributed by atoms with van der Waals surface area (Å²) in [6, 6.07) is 0.478. The fourth-order valence-electron chi connectivity index (χ4n) is 2.14. The van der Waals surface area contributed by atoms with E-state index in [4.69, 9.17) is 0 Å². The van der Waals surface area contributed by atoms with Crippen LogP contribution in [0.3, 0.4) is 0 Å². The van der Waals surface area contributed by atoms with Crippen LogP contribution in [0, 0.1) is 0 Å². The highest BCUT2D eigenvalue weighted by Gasteiger charge is 2.28. The third-order valence-corrected chi connectivity index (χ3v) is 3.05. The zero-order valence-corrected chi connectivity index (χ0v) is 8.95. The lowest BCUT2D eigenvalue weighted by molar-refractivity contribution is -0.137. The Morgan fingerprint density at radius 2 is 2.33 bits per heavy atom. The summed E-state index contributed by atoms with van der Waals surface area (Å²) >= 11 is 0. The first kappa shape index (κ1) is 10.4. The first-order chi connectivity index (χ1) is 7.18. The van der Waals surface area contributed by atoms with Gasteiger partial charge in [0.1, 0.15) is 0 Å². The zero-order chi connectivity index (χ0) is 10.8. The number of hydrogen-bond acceptors (Lipinski definition) is 3. The molecule has 1 saturated heterocycles. The minimum atomic E-state index is -0.157. The smallest absolute Gasteiger partial charge is 0.256 e. The van der Waals surface area contributed by atoms with Crippen LogP contribution in [0.4, 0.5) is 0 Å². The fourth-order valence-corrected chi connectivity index (χ4v) is 2.14. The van der Waals surface area contributed by atoms with Crippen molar-refractivity contribution >= 4 is 11.8 Å². The maximum absolute atomic E-state index is 11.5. The molecule has 4 heteroatoms. The van der Waals surface area contributed by atoms with Crippen LogP contribution >= 0.6 is 0 Å². The summed E-state index contributed by atoms with van der Waals surface area (Å²) in [5.74, 6) is -0.284. The molecule has 2 aliphatic heterocycles. The minimum Gasteiger partial charge on any atom is -0.314 e. The van der Waals surface area contributed by atoms with Crippen molar-refractivity contribution in [2.24, 2.45) is 0 Å². The van der Waals surface area contributed by atoms with Crippen molar-refractivity contribution in [1.82, 2.24) is 10.2 Å². The van der Waals surface area contributed by atoms with E-state index in [1.54, 1.807) is 6.92 Å². The molecule has 0 radical (unpaired) electrons. The van der Waals surface area contributed by atoms with Crippen molar-refractivity contribution < 1.29 is 9.59 Å². The summed E-state index contributed by atoms with van der Waals surface area (Å²) < 4.78 is 0. The van der Waals surface area contributed by atoms with Gasteiger partial charge in [-0.05, 0) is 32.7 Å². The van der Waals surface area contributed by atoms with E-state index in [1.165, 1.54) is 17.4 Å². The molecule has 0 saturated carbocycles. The largest absolute Gasteiger partial charge is 0.314 e. The molecule has 0 aliphatic carbocycles. The lowest BCUT2D eigenvalue weighted by Crippen LogP contribution is -2.35. The van der Waals surface area contributed by atoms with Gasteiger partial charge in [0.25, 0.3) is 11.8 Å². The van der Waals surface area contributed by atoms with Crippen molar-refractivity contribution in [3.63, 3.8) is 0 Å². The third kappa shape index (κ3) is 2.09. The molecule has 1 N–H and O–H groups in total. The molecule has 1 unspecified atom stereocenters. The molecule has 2 aliphatic rings. The number of imide groups is 1. The summed E-state index contributed by atoms with van der Waals surface area (Å²) in [6.45, 7) is 3.29. The van der Waals surface area contributed by atoms with Gasteiger partial charge in [-0.2, -0.15) is 0 Å². The summed E-state index contributed by atoms with van der Waals surface area (Å²) in [5, 5.41) is 3.36. The van der Waals surface area contributed by atoms with E-state index in [-0.39, 0.29) is 11.8 Å². The average molecular weight is 208 g/mol. The predicted molar refractivity (Wildman–Crippen MR) is 56.1 cm³/mol. The molecule has 15 heavy (non-hydrogen) atoms. The van der Waals surface area contributed by atoms with Gasteiger partial charge in [-0.25, -0.2) is 0 Å². The second-order valence-corrected chi connectivity index (χ2v) is 4.20. The molecule has 1 atom stereocenters. The van der Waals surface area contributed by atoms with Crippen molar-refractivity contribution in [2.45, 2.75) is 32.2 Å². The number of amides is 2. The second-order valence-electron chi connectivity index (χ2n) is 4.20.